The van der Waals surface area contributed by atoms with Crippen molar-refractivity contribution in [3.8, 4) is 5.88 Å². The summed E-state index contributed by atoms with van der Waals surface area (Å²) in [6.45, 7) is 2.59. The number of anilines is 1. The lowest BCUT2D eigenvalue weighted by Crippen LogP contribution is -2.02. The van der Waals surface area contributed by atoms with Gasteiger partial charge in [0.25, 0.3) is 0 Å². The zero-order valence-electron chi connectivity index (χ0n) is 9.32. The van der Waals surface area contributed by atoms with Gasteiger partial charge in [0, 0.05) is 6.20 Å². The Hall–Kier alpha value is -2.04. The molecule has 2 heterocycles. The maximum Gasteiger partial charge on any atom is 0.237 e. The van der Waals surface area contributed by atoms with Crippen LogP contribution in [0, 0.1) is 6.92 Å². The monoisotopic (exact) mass is 218 g/mol. The van der Waals surface area contributed by atoms with Crippen molar-refractivity contribution in [2.75, 3.05) is 12.4 Å². The summed E-state index contributed by atoms with van der Waals surface area (Å²) in [6, 6.07) is 3.79. The molecule has 2 aromatic rings. The zero-order chi connectivity index (χ0) is 11.4. The fraction of sp³-hybridized carbons (Fsp3) is 0.273. The summed E-state index contributed by atoms with van der Waals surface area (Å²) in [7, 11) is 1.61. The van der Waals surface area contributed by atoms with Crippen LogP contribution in [-0.4, -0.2) is 22.1 Å². The normalized spacial score (nSPS) is 10.1. The molecule has 2 aromatic heterocycles. The van der Waals surface area contributed by atoms with Gasteiger partial charge in [0.05, 0.1) is 31.2 Å². The highest BCUT2D eigenvalue weighted by Gasteiger charge is 2.03. The summed E-state index contributed by atoms with van der Waals surface area (Å²) >= 11 is 0. The maximum atomic E-state index is 5.14. The highest BCUT2D eigenvalue weighted by molar-refractivity contribution is 5.51. The van der Waals surface area contributed by atoms with Gasteiger partial charge >= 0.3 is 0 Å². The van der Waals surface area contributed by atoms with Gasteiger partial charge in [-0.3, -0.25) is 0 Å². The van der Waals surface area contributed by atoms with Crippen LogP contribution in [0.4, 0.5) is 5.69 Å². The van der Waals surface area contributed by atoms with Crippen LogP contribution in [0.5, 0.6) is 5.88 Å². The van der Waals surface area contributed by atoms with Gasteiger partial charge in [-0.15, -0.1) is 0 Å². The van der Waals surface area contributed by atoms with E-state index >= 15 is 0 Å². The lowest BCUT2D eigenvalue weighted by atomic mass is 10.4. The molecule has 2 N–H and O–H groups in total. The van der Waals surface area contributed by atoms with E-state index < -0.39 is 0 Å². The fourth-order valence-corrected chi connectivity index (χ4v) is 1.44. The van der Waals surface area contributed by atoms with Crippen LogP contribution in [-0.2, 0) is 6.54 Å². The zero-order valence-corrected chi connectivity index (χ0v) is 9.32. The van der Waals surface area contributed by atoms with Gasteiger partial charge < -0.3 is 15.0 Å². The van der Waals surface area contributed by atoms with Crippen molar-refractivity contribution in [3.05, 3.63) is 36.0 Å². The number of pyridine rings is 1. The minimum absolute atomic E-state index is 0.596. The summed E-state index contributed by atoms with van der Waals surface area (Å²) in [4.78, 5) is 11.4. The molecule has 0 unspecified atom stereocenters. The third-order valence-corrected chi connectivity index (χ3v) is 2.19. The Balaban J connectivity index is 2.04. The van der Waals surface area contributed by atoms with Crippen molar-refractivity contribution in [2.24, 2.45) is 0 Å². The maximum absolute atomic E-state index is 5.14. The SMILES string of the molecule is COc1ncccc1NCc1cnc(C)[nH]1. The molecule has 2 rings (SSSR count). The Morgan fingerprint density at radius 2 is 2.31 bits per heavy atom. The summed E-state index contributed by atoms with van der Waals surface area (Å²) in [6.07, 6.45) is 3.51. The second-order valence-electron chi connectivity index (χ2n) is 3.41. The van der Waals surface area contributed by atoms with Gasteiger partial charge in [-0.25, -0.2) is 9.97 Å². The van der Waals surface area contributed by atoms with Crippen molar-refractivity contribution in [3.63, 3.8) is 0 Å². The molecule has 0 saturated heterocycles. The number of aromatic amines is 1. The van der Waals surface area contributed by atoms with E-state index in [0.29, 0.717) is 12.4 Å². The fourth-order valence-electron chi connectivity index (χ4n) is 1.44. The Bertz CT molecular complexity index is 467. The predicted octanol–water partition coefficient (Wildman–Crippen LogP) is 1.73. The van der Waals surface area contributed by atoms with Crippen molar-refractivity contribution >= 4 is 5.69 Å². The summed E-state index contributed by atoms with van der Waals surface area (Å²) in [5.74, 6) is 1.51. The number of hydrogen-bond donors (Lipinski definition) is 2. The molecule has 0 radical (unpaired) electrons. The molecule has 5 heteroatoms. The van der Waals surface area contributed by atoms with E-state index in [9.17, 15) is 0 Å². The number of rotatable bonds is 4. The van der Waals surface area contributed by atoms with Gasteiger partial charge in [0.15, 0.2) is 0 Å². The molecule has 0 aliphatic carbocycles. The van der Waals surface area contributed by atoms with Gasteiger partial charge in [0.1, 0.15) is 5.82 Å². The van der Waals surface area contributed by atoms with Crippen LogP contribution >= 0.6 is 0 Å². The predicted molar refractivity (Wildman–Crippen MR) is 61.4 cm³/mol. The van der Waals surface area contributed by atoms with E-state index in [1.807, 2.05) is 25.3 Å². The highest BCUT2D eigenvalue weighted by Crippen LogP contribution is 2.20. The van der Waals surface area contributed by atoms with Crippen molar-refractivity contribution < 1.29 is 4.74 Å². The second-order valence-corrected chi connectivity index (χ2v) is 3.41. The Labute approximate surface area is 93.9 Å². The molecule has 0 aromatic carbocycles. The number of hydrogen-bond acceptors (Lipinski definition) is 4. The first-order chi connectivity index (χ1) is 7.79. The third-order valence-electron chi connectivity index (χ3n) is 2.19. The number of imidazole rings is 1. The minimum atomic E-state index is 0.596. The first-order valence-electron chi connectivity index (χ1n) is 5.03. The molecule has 0 fully saturated rings. The Morgan fingerprint density at radius 1 is 1.44 bits per heavy atom. The number of nitrogens with one attached hydrogen (secondary N) is 2. The van der Waals surface area contributed by atoms with Gasteiger partial charge in [0.2, 0.25) is 5.88 Å². The molecule has 0 spiro atoms. The average Bonchev–Trinajstić information content (AvgIpc) is 2.73. The van der Waals surface area contributed by atoms with Crippen molar-refractivity contribution in [1.29, 1.82) is 0 Å². The number of H-pyrrole nitrogens is 1. The van der Waals surface area contributed by atoms with Crippen LogP contribution in [0.3, 0.4) is 0 Å². The van der Waals surface area contributed by atoms with Crippen LogP contribution in [0.15, 0.2) is 24.5 Å². The van der Waals surface area contributed by atoms with Crippen LogP contribution in [0.25, 0.3) is 0 Å². The molecular weight excluding hydrogens is 204 g/mol. The standard InChI is InChI=1S/C11H14N4O/c1-8-13-6-9(15-8)7-14-10-4-3-5-12-11(10)16-2/h3-6,14H,7H2,1-2H3,(H,13,15). The molecule has 16 heavy (non-hydrogen) atoms. The molecule has 0 aliphatic heterocycles. The summed E-state index contributed by atoms with van der Waals surface area (Å²) < 4.78 is 5.14. The van der Waals surface area contributed by atoms with E-state index in [4.69, 9.17) is 4.74 Å². The lowest BCUT2D eigenvalue weighted by molar-refractivity contribution is 0.399. The van der Waals surface area contributed by atoms with E-state index in [-0.39, 0.29) is 0 Å². The van der Waals surface area contributed by atoms with E-state index in [1.165, 1.54) is 0 Å². The number of aromatic nitrogens is 3. The topological polar surface area (TPSA) is 62.8 Å². The third kappa shape index (κ3) is 2.31. The smallest absolute Gasteiger partial charge is 0.237 e. The molecule has 0 aliphatic rings. The number of nitrogens with zero attached hydrogens (tertiary/aromatic N) is 2. The van der Waals surface area contributed by atoms with E-state index in [1.54, 1.807) is 13.3 Å². The van der Waals surface area contributed by atoms with E-state index in [0.717, 1.165) is 17.2 Å². The van der Waals surface area contributed by atoms with Gasteiger partial charge in [-0.2, -0.15) is 0 Å². The highest BCUT2D eigenvalue weighted by atomic mass is 16.5. The molecule has 5 nitrogen and oxygen atoms in total. The van der Waals surface area contributed by atoms with Gasteiger partial charge in [-0.05, 0) is 19.1 Å². The largest absolute Gasteiger partial charge is 0.480 e. The number of methoxy groups -OCH3 is 1. The molecule has 0 atom stereocenters. The molecule has 0 amide bonds. The Morgan fingerprint density at radius 3 is 3.00 bits per heavy atom. The quantitative estimate of drug-likeness (QED) is 0.820. The molecule has 0 saturated carbocycles. The molecule has 84 valence electrons. The lowest BCUT2D eigenvalue weighted by Gasteiger charge is -2.08. The number of ether oxygens (including phenoxy) is 1. The van der Waals surface area contributed by atoms with Crippen molar-refractivity contribution in [1.82, 2.24) is 15.0 Å². The number of aryl methyl sites for hydroxylation is 1. The summed E-state index contributed by atoms with van der Waals surface area (Å²) in [5, 5.41) is 3.24. The average molecular weight is 218 g/mol. The first-order valence-corrected chi connectivity index (χ1v) is 5.03. The van der Waals surface area contributed by atoms with Crippen LogP contribution in [0.1, 0.15) is 11.5 Å². The van der Waals surface area contributed by atoms with Crippen molar-refractivity contribution in [2.45, 2.75) is 13.5 Å². The Kier molecular flexibility index (Phi) is 3.05. The van der Waals surface area contributed by atoms with Crippen LogP contribution in [0.2, 0.25) is 0 Å². The summed E-state index contributed by atoms with van der Waals surface area (Å²) in [5.41, 5.74) is 1.90. The van der Waals surface area contributed by atoms with E-state index in [2.05, 4.69) is 20.3 Å². The van der Waals surface area contributed by atoms with Crippen LogP contribution < -0.4 is 10.1 Å². The minimum Gasteiger partial charge on any atom is -0.480 e. The first kappa shape index (κ1) is 10.5. The second kappa shape index (κ2) is 4.65. The van der Waals surface area contributed by atoms with Gasteiger partial charge in [-0.1, -0.05) is 0 Å². The molecular formula is C11H14N4O. The molecule has 0 bridgehead atoms.